The average Bonchev–Trinajstić information content (AvgIpc) is 3.09. The monoisotopic (exact) mass is 581 g/mol. The molecule has 4 nitrogen and oxygen atoms in total. The topological polar surface area (TPSA) is 40.6 Å². The molecule has 0 N–H and O–H groups in total. The number of pyridine rings is 1. The molecule has 0 aliphatic carbocycles. The number of benzene rings is 7. The van der Waals surface area contributed by atoms with Gasteiger partial charge in [0.05, 0.1) is 5.69 Å². The summed E-state index contributed by atoms with van der Waals surface area (Å²) < 4.78 is 19.6. The number of hydrogen-bond acceptors (Lipinski definition) is 4. The van der Waals surface area contributed by atoms with Gasteiger partial charge in [0.25, 0.3) is 0 Å². The van der Waals surface area contributed by atoms with E-state index in [0.29, 0.717) is 17.2 Å². The van der Waals surface area contributed by atoms with Crippen molar-refractivity contribution >= 4 is 32.3 Å². The van der Waals surface area contributed by atoms with Gasteiger partial charge < -0.3 is 14.2 Å². The first kappa shape index (κ1) is 26.5. The maximum absolute atomic E-state index is 6.70. The van der Waals surface area contributed by atoms with Crippen molar-refractivity contribution in [2.45, 2.75) is 0 Å². The normalized spacial score (nSPS) is 11.1. The number of rotatable bonds is 7. The Balaban J connectivity index is 1.20. The van der Waals surface area contributed by atoms with Crippen LogP contribution in [0.2, 0.25) is 0 Å². The molecule has 0 aliphatic rings. The second-order valence-corrected chi connectivity index (χ2v) is 10.8. The van der Waals surface area contributed by atoms with Crippen molar-refractivity contribution in [3.8, 4) is 45.8 Å². The van der Waals surface area contributed by atoms with Crippen LogP contribution in [-0.4, -0.2) is 4.98 Å². The van der Waals surface area contributed by atoms with Gasteiger partial charge in [-0.15, -0.1) is 0 Å². The van der Waals surface area contributed by atoms with E-state index >= 15 is 0 Å². The zero-order valence-corrected chi connectivity index (χ0v) is 24.3. The molecule has 1 aromatic heterocycles. The second kappa shape index (κ2) is 11.5. The molecule has 1 heterocycles. The van der Waals surface area contributed by atoms with Crippen molar-refractivity contribution in [2.75, 3.05) is 0 Å². The quantitative estimate of drug-likeness (QED) is 0.188. The molecule has 4 heteroatoms. The van der Waals surface area contributed by atoms with E-state index in [1.54, 1.807) is 6.20 Å². The van der Waals surface area contributed by atoms with E-state index < -0.39 is 0 Å². The summed E-state index contributed by atoms with van der Waals surface area (Å²) in [6, 6.07) is 52.5. The Labute approximate surface area is 260 Å². The standard InChI is InChI=1S/C41H27NO3/c1-4-16-33-28(10-1)13-7-19-38(33)43-31-22-23-36(41(27-31)45-40-21-9-15-30-12-3-6-18-35(30)40)37-26-32(24-25-42-37)44-39-20-8-14-29-11-2-5-17-34(29)39/h1-27H. The molecule has 7 aromatic carbocycles. The van der Waals surface area contributed by atoms with Crippen molar-refractivity contribution < 1.29 is 14.2 Å². The van der Waals surface area contributed by atoms with Gasteiger partial charge in [-0.1, -0.05) is 109 Å². The van der Waals surface area contributed by atoms with Crippen LogP contribution in [0, 0.1) is 0 Å². The largest absolute Gasteiger partial charge is 0.457 e. The molecule has 0 unspecified atom stereocenters. The molecule has 0 fully saturated rings. The molecule has 0 atom stereocenters. The van der Waals surface area contributed by atoms with Gasteiger partial charge in [-0.3, -0.25) is 4.98 Å². The van der Waals surface area contributed by atoms with Gasteiger partial charge in [0.2, 0.25) is 0 Å². The van der Waals surface area contributed by atoms with Crippen LogP contribution < -0.4 is 14.2 Å². The minimum absolute atomic E-state index is 0.624. The van der Waals surface area contributed by atoms with E-state index in [2.05, 4.69) is 54.6 Å². The minimum atomic E-state index is 0.624. The van der Waals surface area contributed by atoms with Gasteiger partial charge in [0.1, 0.15) is 34.5 Å². The summed E-state index contributed by atoms with van der Waals surface area (Å²) in [7, 11) is 0. The third-order valence-electron chi connectivity index (χ3n) is 7.88. The number of fused-ring (bicyclic) bond motifs is 3. The summed E-state index contributed by atoms with van der Waals surface area (Å²) in [4.78, 5) is 4.73. The number of nitrogens with zero attached hydrogens (tertiary/aromatic N) is 1. The van der Waals surface area contributed by atoms with Crippen molar-refractivity contribution in [3.63, 3.8) is 0 Å². The molecular formula is C41H27NO3. The number of ether oxygens (including phenoxy) is 3. The van der Waals surface area contributed by atoms with E-state index in [9.17, 15) is 0 Å². The van der Waals surface area contributed by atoms with Gasteiger partial charge in [0.15, 0.2) is 0 Å². The summed E-state index contributed by atoms with van der Waals surface area (Å²) in [5, 5.41) is 6.45. The Hall–Kier alpha value is -6.13. The van der Waals surface area contributed by atoms with Crippen LogP contribution in [0.15, 0.2) is 164 Å². The molecule has 0 saturated carbocycles. The fourth-order valence-electron chi connectivity index (χ4n) is 5.71. The van der Waals surface area contributed by atoms with Crippen LogP contribution in [0.5, 0.6) is 34.5 Å². The molecule has 8 aromatic rings. The zero-order valence-electron chi connectivity index (χ0n) is 24.3. The van der Waals surface area contributed by atoms with Gasteiger partial charge >= 0.3 is 0 Å². The van der Waals surface area contributed by atoms with Gasteiger partial charge in [-0.25, -0.2) is 0 Å². The highest BCUT2D eigenvalue weighted by Gasteiger charge is 2.15. The Morgan fingerprint density at radius 1 is 0.356 bits per heavy atom. The predicted molar refractivity (Wildman–Crippen MR) is 182 cm³/mol. The number of aromatic nitrogens is 1. The molecule has 0 bridgehead atoms. The Kier molecular flexibility index (Phi) is 6.78. The summed E-state index contributed by atoms with van der Waals surface area (Å²) in [5.74, 6) is 4.28. The maximum Gasteiger partial charge on any atom is 0.140 e. The molecule has 8 rings (SSSR count). The highest BCUT2D eigenvalue weighted by atomic mass is 16.5. The lowest BCUT2D eigenvalue weighted by Crippen LogP contribution is -1.94. The lowest BCUT2D eigenvalue weighted by molar-refractivity contribution is 0.466. The van der Waals surface area contributed by atoms with Crippen LogP contribution in [0.4, 0.5) is 0 Å². The molecule has 214 valence electrons. The molecule has 45 heavy (non-hydrogen) atoms. The second-order valence-electron chi connectivity index (χ2n) is 10.8. The summed E-state index contributed by atoms with van der Waals surface area (Å²) in [6.07, 6.45) is 1.76. The van der Waals surface area contributed by atoms with E-state index in [0.717, 1.165) is 60.8 Å². The molecule has 0 spiro atoms. The highest BCUT2D eigenvalue weighted by Crippen LogP contribution is 2.41. The van der Waals surface area contributed by atoms with E-state index in [1.807, 2.05) is 103 Å². The van der Waals surface area contributed by atoms with Gasteiger partial charge in [0, 0.05) is 40.1 Å². The van der Waals surface area contributed by atoms with E-state index in [-0.39, 0.29) is 0 Å². The molecule has 0 aliphatic heterocycles. The number of hydrogen-bond donors (Lipinski definition) is 0. The summed E-state index contributed by atoms with van der Waals surface area (Å²) >= 11 is 0. The van der Waals surface area contributed by atoms with Crippen molar-refractivity contribution in [3.05, 3.63) is 164 Å². The van der Waals surface area contributed by atoms with Crippen LogP contribution >= 0.6 is 0 Å². The Bertz CT molecular complexity index is 2310. The minimum Gasteiger partial charge on any atom is -0.457 e. The predicted octanol–water partition coefficient (Wildman–Crippen LogP) is 11.6. The van der Waals surface area contributed by atoms with E-state index in [1.165, 1.54) is 0 Å². The third kappa shape index (κ3) is 5.30. The first-order chi connectivity index (χ1) is 22.3. The molecule has 0 saturated heterocycles. The Morgan fingerprint density at radius 3 is 1.38 bits per heavy atom. The fraction of sp³-hybridized carbons (Fsp3) is 0. The smallest absolute Gasteiger partial charge is 0.140 e. The van der Waals surface area contributed by atoms with Gasteiger partial charge in [-0.05, 0) is 52.6 Å². The molecule has 0 radical (unpaired) electrons. The maximum atomic E-state index is 6.70. The zero-order chi connectivity index (χ0) is 30.0. The van der Waals surface area contributed by atoms with Crippen LogP contribution in [-0.2, 0) is 0 Å². The summed E-state index contributed by atoms with van der Waals surface area (Å²) in [5.41, 5.74) is 1.54. The Morgan fingerprint density at radius 2 is 0.822 bits per heavy atom. The van der Waals surface area contributed by atoms with Crippen molar-refractivity contribution in [2.24, 2.45) is 0 Å². The van der Waals surface area contributed by atoms with Gasteiger partial charge in [-0.2, -0.15) is 0 Å². The highest BCUT2D eigenvalue weighted by molar-refractivity contribution is 5.90. The van der Waals surface area contributed by atoms with Crippen molar-refractivity contribution in [1.29, 1.82) is 0 Å². The average molecular weight is 582 g/mol. The lowest BCUT2D eigenvalue weighted by atomic mass is 10.1. The third-order valence-corrected chi connectivity index (χ3v) is 7.88. The van der Waals surface area contributed by atoms with Crippen LogP contribution in [0.3, 0.4) is 0 Å². The first-order valence-electron chi connectivity index (χ1n) is 14.9. The van der Waals surface area contributed by atoms with Crippen LogP contribution in [0.1, 0.15) is 0 Å². The fourth-order valence-corrected chi connectivity index (χ4v) is 5.71. The summed E-state index contributed by atoms with van der Waals surface area (Å²) in [6.45, 7) is 0. The SMILES string of the molecule is c1ccc2c(Oc3ccnc(-c4ccc(Oc5cccc6ccccc56)cc4Oc4cccc5ccccc45)c3)cccc2c1. The molecular weight excluding hydrogens is 554 g/mol. The van der Waals surface area contributed by atoms with Crippen molar-refractivity contribution in [1.82, 2.24) is 4.98 Å². The molecule has 0 amide bonds. The van der Waals surface area contributed by atoms with Crippen LogP contribution in [0.25, 0.3) is 43.6 Å². The first-order valence-corrected chi connectivity index (χ1v) is 14.9. The lowest BCUT2D eigenvalue weighted by Gasteiger charge is -2.16. The van der Waals surface area contributed by atoms with E-state index in [4.69, 9.17) is 19.2 Å².